The highest BCUT2D eigenvalue weighted by atomic mass is 16.7. The van der Waals surface area contributed by atoms with Crippen molar-refractivity contribution in [3.05, 3.63) is 0 Å². The average molecular weight is 189 g/mol. The molecule has 4 nitrogen and oxygen atoms in total. The SMILES string of the molecule is COC1CCN(CC(OC)OC)C1. The van der Waals surface area contributed by atoms with Crippen molar-refractivity contribution >= 4 is 0 Å². The molecule has 1 atom stereocenters. The summed E-state index contributed by atoms with van der Waals surface area (Å²) in [6.07, 6.45) is 1.38. The number of likely N-dealkylation sites (tertiary alicyclic amines) is 1. The molecule has 0 radical (unpaired) electrons. The zero-order valence-electron chi connectivity index (χ0n) is 8.66. The van der Waals surface area contributed by atoms with E-state index in [1.165, 1.54) is 0 Å². The van der Waals surface area contributed by atoms with E-state index in [4.69, 9.17) is 14.2 Å². The number of ether oxygens (including phenoxy) is 3. The Balaban J connectivity index is 2.22. The normalized spacial score (nSPS) is 24.5. The van der Waals surface area contributed by atoms with Crippen LogP contribution in [0.4, 0.5) is 0 Å². The fourth-order valence-electron chi connectivity index (χ4n) is 1.61. The number of hydrogen-bond acceptors (Lipinski definition) is 4. The minimum atomic E-state index is -0.115. The Morgan fingerprint density at radius 1 is 1.31 bits per heavy atom. The molecule has 0 bridgehead atoms. The summed E-state index contributed by atoms with van der Waals surface area (Å²) in [7, 11) is 5.09. The van der Waals surface area contributed by atoms with Gasteiger partial charge in [0.2, 0.25) is 0 Å². The van der Waals surface area contributed by atoms with Gasteiger partial charge in [0.05, 0.1) is 6.10 Å². The molecule has 1 unspecified atom stereocenters. The van der Waals surface area contributed by atoms with Gasteiger partial charge in [-0.3, -0.25) is 4.90 Å². The molecule has 1 rings (SSSR count). The lowest BCUT2D eigenvalue weighted by Crippen LogP contribution is -2.33. The van der Waals surface area contributed by atoms with Crippen LogP contribution in [0.25, 0.3) is 0 Å². The Hall–Kier alpha value is -0.160. The van der Waals surface area contributed by atoms with Crippen molar-refractivity contribution in [1.29, 1.82) is 0 Å². The Morgan fingerprint density at radius 2 is 2.00 bits per heavy atom. The monoisotopic (exact) mass is 189 g/mol. The van der Waals surface area contributed by atoms with Crippen LogP contribution in [0.3, 0.4) is 0 Å². The van der Waals surface area contributed by atoms with Gasteiger partial charge >= 0.3 is 0 Å². The van der Waals surface area contributed by atoms with Crippen molar-refractivity contribution in [3.8, 4) is 0 Å². The van der Waals surface area contributed by atoms with Crippen LogP contribution in [0.1, 0.15) is 6.42 Å². The molecule has 1 aliphatic rings. The van der Waals surface area contributed by atoms with Gasteiger partial charge in [0, 0.05) is 41.0 Å². The van der Waals surface area contributed by atoms with Crippen molar-refractivity contribution in [2.45, 2.75) is 18.8 Å². The van der Waals surface area contributed by atoms with E-state index in [0.717, 1.165) is 26.1 Å². The highest BCUT2D eigenvalue weighted by molar-refractivity contribution is 4.76. The summed E-state index contributed by atoms with van der Waals surface area (Å²) < 4.78 is 15.5. The molecule has 0 N–H and O–H groups in total. The third kappa shape index (κ3) is 3.23. The van der Waals surface area contributed by atoms with Crippen LogP contribution in [-0.4, -0.2) is 58.3 Å². The summed E-state index contributed by atoms with van der Waals surface area (Å²) in [5.74, 6) is 0. The molecule has 0 amide bonds. The second-order valence-electron chi connectivity index (χ2n) is 3.31. The first-order valence-electron chi connectivity index (χ1n) is 4.61. The molecule has 13 heavy (non-hydrogen) atoms. The summed E-state index contributed by atoms with van der Waals surface area (Å²) in [6.45, 7) is 2.88. The Morgan fingerprint density at radius 3 is 2.46 bits per heavy atom. The predicted molar refractivity (Wildman–Crippen MR) is 49.7 cm³/mol. The van der Waals surface area contributed by atoms with Crippen LogP contribution in [0, 0.1) is 0 Å². The standard InChI is InChI=1S/C9H19NO3/c1-11-8-4-5-10(6-8)7-9(12-2)13-3/h8-9H,4-7H2,1-3H3. The van der Waals surface area contributed by atoms with E-state index in [1.54, 1.807) is 21.3 Å². The molecular weight excluding hydrogens is 170 g/mol. The Bertz CT molecular complexity index is 139. The van der Waals surface area contributed by atoms with Gasteiger partial charge in [-0.25, -0.2) is 0 Å². The van der Waals surface area contributed by atoms with Crippen molar-refractivity contribution in [2.24, 2.45) is 0 Å². The molecule has 0 aliphatic carbocycles. The largest absolute Gasteiger partial charge is 0.380 e. The van der Waals surface area contributed by atoms with E-state index in [9.17, 15) is 0 Å². The average Bonchev–Trinajstić information content (AvgIpc) is 2.61. The lowest BCUT2D eigenvalue weighted by atomic mass is 10.3. The van der Waals surface area contributed by atoms with Gasteiger partial charge in [-0.05, 0) is 6.42 Å². The minimum absolute atomic E-state index is 0.115. The van der Waals surface area contributed by atoms with Crippen LogP contribution in [0.15, 0.2) is 0 Å². The first kappa shape index (κ1) is 10.9. The van der Waals surface area contributed by atoms with Gasteiger partial charge < -0.3 is 14.2 Å². The zero-order chi connectivity index (χ0) is 9.68. The van der Waals surface area contributed by atoms with Crippen LogP contribution >= 0.6 is 0 Å². The number of rotatable bonds is 5. The zero-order valence-corrected chi connectivity index (χ0v) is 8.66. The van der Waals surface area contributed by atoms with E-state index in [2.05, 4.69) is 4.90 Å². The maximum Gasteiger partial charge on any atom is 0.169 e. The van der Waals surface area contributed by atoms with Gasteiger partial charge in [-0.2, -0.15) is 0 Å². The van der Waals surface area contributed by atoms with E-state index in [-0.39, 0.29) is 6.29 Å². The van der Waals surface area contributed by atoms with Crippen LogP contribution in [0.5, 0.6) is 0 Å². The molecule has 1 aliphatic heterocycles. The summed E-state index contributed by atoms with van der Waals surface area (Å²) >= 11 is 0. The number of nitrogens with zero attached hydrogens (tertiary/aromatic N) is 1. The van der Waals surface area contributed by atoms with Gasteiger partial charge in [-0.15, -0.1) is 0 Å². The Kier molecular flexibility index (Phi) is 4.66. The van der Waals surface area contributed by atoms with Crippen LogP contribution in [-0.2, 0) is 14.2 Å². The molecule has 1 fully saturated rings. The summed E-state index contributed by atoms with van der Waals surface area (Å²) in [5.41, 5.74) is 0. The van der Waals surface area contributed by atoms with Gasteiger partial charge in [0.1, 0.15) is 0 Å². The second kappa shape index (κ2) is 5.54. The van der Waals surface area contributed by atoms with Crippen molar-refractivity contribution < 1.29 is 14.2 Å². The lowest BCUT2D eigenvalue weighted by Gasteiger charge is -2.21. The highest BCUT2D eigenvalue weighted by Gasteiger charge is 2.23. The second-order valence-corrected chi connectivity index (χ2v) is 3.31. The molecule has 0 aromatic rings. The van der Waals surface area contributed by atoms with Gasteiger partial charge in [0.15, 0.2) is 6.29 Å². The van der Waals surface area contributed by atoms with Crippen molar-refractivity contribution in [2.75, 3.05) is 41.0 Å². The van der Waals surface area contributed by atoms with Gasteiger partial charge in [-0.1, -0.05) is 0 Å². The minimum Gasteiger partial charge on any atom is -0.380 e. The van der Waals surface area contributed by atoms with E-state index in [1.807, 2.05) is 0 Å². The number of methoxy groups -OCH3 is 3. The number of hydrogen-bond donors (Lipinski definition) is 0. The van der Waals surface area contributed by atoms with E-state index >= 15 is 0 Å². The van der Waals surface area contributed by atoms with Crippen LogP contribution < -0.4 is 0 Å². The van der Waals surface area contributed by atoms with E-state index < -0.39 is 0 Å². The molecule has 0 aromatic carbocycles. The lowest BCUT2D eigenvalue weighted by molar-refractivity contribution is -0.114. The van der Waals surface area contributed by atoms with Crippen molar-refractivity contribution in [3.63, 3.8) is 0 Å². The smallest absolute Gasteiger partial charge is 0.169 e. The summed E-state index contributed by atoms with van der Waals surface area (Å²) in [6, 6.07) is 0. The highest BCUT2D eigenvalue weighted by Crippen LogP contribution is 2.12. The van der Waals surface area contributed by atoms with Gasteiger partial charge in [0.25, 0.3) is 0 Å². The molecule has 0 aromatic heterocycles. The predicted octanol–water partition coefficient (Wildman–Crippen LogP) is 0.326. The molecule has 78 valence electrons. The first-order valence-corrected chi connectivity index (χ1v) is 4.61. The molecular formula is C9H19NO3. The fraction of sp³-hybridized carbons (Fsp3) is 1.00. The third-order valence-corrected chi connectivity index (χ3v) is 2.50. The summed E-state index contributed by atoms with van der Waals surface area (Å²) in [5, 5.41) is 0. The van der Waals surface area contributed by atoms with E-state index in [0.29, 0.717) is 6.10 Å². The Labute approximate surface area is 79.8 Å². The molecule has 0 spiro atoms. The van der Waals surface area contributed by atoms with Crippen LogP contribution in [0.2, 0.25) is 0 Å². The maximum atomic E-state index is 5.27. The topological polar surface area (TPSA) is 30.9 Å². The summed E-state index contributed by atoms with van der Waals surface area (Å²) in [4.78, 5) is 2.30. The maximum absolute atomic E-state index is 5.27. The molecule has 4 heteroatoms. The molecule has 1 heterocycles. The third-order valence-electron chi connectivity index (χ3n) is 2.50. The quantitative estimate of drug-likeness (QED) is 0.583. The molecule has 0 saturated carbocycles. The van der Waals surface area contributed by atoms with Crippen molar-refractivity contribution in [1.82, 2.24) is 4.90 Å². The molecule has 1 saturated heterocycles. The fourth-order valence-corrected chi connectivity index (χ4v) is 1.61. The first-order chi connectivity index (χ1) is 6.30.